The zero-order valence-electron chi connectivity index (χ0n) is 26.8. The fraction of sp³-hybridized carbons (Fsp3) is 0.424. The van der Waals surface area contributed by atoms with Gasteiger partial charge in [-0.15, -0.1) is 0 Å². The van der Waals surface area contributed by atoms with Gasteiger partial charge in [0.15, 0.2) is 5.82 Å². The lowest BCUT2D eigenvalue weighted by Crippen LogP contribution is -2.49. The number of aliphatic hydroxyl groups is 1. The van der Waals surface area contributed by atoms with Crippen LogP contribution in [-0.4, -0.2) is 79.4 Å². The second-order valence-electron chi connectivity index (χ2n) is 12.0. The van der Waals surface area contributed by atoms with Crippen molar-refractivity contribution in [2.45, 2.75) is 69.4 Å². The maximum atomic E-state index is 13.8. The van der Waals surface area contributed by atoms with Gasteiger partial charge in [-0.05, 0) is 44.1 Å². The van der Waals surface area contributed by atoms with Crippen LogP contribution in [-0.2, 0) is 12.7 Å². The molecule has 2 amide bonds. The molecule has 2 aliphatic rings. The van der Waals surface area contributed by atoms with Crippen molar-refractivity contribution in [1.29, 1.82) is 0 Å². The van der Waals surface area contributed by atoms with Gasteiger partial charge in [0.25, 0.3) is 0 Å². The number of hydrogen-bond donors (Lipinski definition) is 3. The summed E-state index contributed by atoms with van der Waals surface area (Å²) < 4.78 is 46.6. The van der Waals surface area contributed by atoms with Gasteiger partial charge >= 0.3 is 18.2 Å². The molecule has 0 bridgehead atoms. The Morgan fingerprint density at radius 2 is 1.65 bits per heavy atom. The highest BCUT2D eigenvalue weighted by atomic mass is 19.4. The van der Waals surface area contributed by atoms with E-state index >= 15 is 0 Å². The van der Waals surface area contributed by atoms with Crippen molar-refractivity contribution in [3.05, 3.63) is 72.4 Å². The van der Waals surface area contributed by atoms with E-state index in [4.69, 9.17) is 4.74 Å². The van der Waals surface area contributed by atoms with E-state index in [-0.39, 0.29) is 49.0 Å². The summed E-state index contributed by atoms with van der Waals surface area (Å²) in [5.74, 6) is 0.302. The first kappa shape index (κ1) is 33.8. The number of hydrogen-bond acceptors (Lipinski definition) is 11. The molecule has 3 aromatic heterocycles. The number of ether oxygens (including phenoxy) is 1. The fourth-order valence-electron chi connectivity index (χ4n) is 6.09. The topological polar surface area (TPSA) is 154 Å². The standard InChI is InChI=1S/C33H37F3N10O3/c1-49-31-40-16-22(17-41-31)27-19-38-28(20-37-27)46(32(48)42-15-21-5-3-2-4-6-21)24-9-7-23(8-10-24)43-30-39-18-26(33(34,35)36)29(44-30)45-13-11-25(47)12-14-45/h2-6,16-20,23-25,47H,7-15H2,1H3,(H,42,48)(H,39,43,44)/t23-,24-. The molecule has 1 saturated carbocycles. The smallest absolute Gasteiger partial charge is 0.421 e. The molecule has 2 fully saturated rings. The molecule has 1 aliphatic carbocycles. The maximum absolute atomic E-state index is 13.8. The number of alkyl halides is 3. The van der Waals surface area contributed by atoms with Crippen LogP contribution in [0.15, 0.2) is 61.3 Å². The van der Waals surface area contributed by atoms with Crippen LogP contribution in [0.4, 0.5) is 35.5 Å². The first-order valence-corrected chi connectivity index (χ1v) is 16.1. The zero-order chi connectivity index (χ0) is 34.4. The minimum absolute atomic E-state index is 0.110. The van der Waals surface area contributed by atoms with E-state index in [1.807, 2.05) is 30.3 Å². The summed E-state index contributed by atoms with van der Waals surface area (Å²) in [6.45, 7) is 0.864. The van der Waals surface area contributed by atoms with Crippen LogP contribution in [0.25, 0.3) is 11.3 Å². The van der Waals surface area contributed by atoms with Crippen molar-refractivity contribution >= 4 is 23.6 Å². The summed E-state index contributed by atoms with van der Waals surface area (Å²) in [5, 5.41) is 16.1. The molecule has 0 atom stereocenters. The van der Waals surface area contributed by atoms with Gasteiger partial charge in [0.1, 0.15) is 11.4 Å². The molecule has 0 unspecified atom stereocenters. The number of anilines is 3. The molecular weight excluding hydrogens is 641 g/mol. The van der Waals surface area contributed by atoms with E-state index in [9.17, 15) is 23.1 Å². The number of nitrogens with one attached hydrogen (secondary N) is 2. The van der Waals surface area contributed by atoms with Crippen molar-refractivity contribution in [1.82, 2.24) is 35.2 Å². The van der Waals surface area contributed by atoms with Gasteiger partial charge in [-0.3, -0.25) is 9.88 Å². The van der Waals surface area contributed by atoms with Crippen molar-refractivity contribution in [2.75, 3.05) is 35.3 Å². The average Bonchev–Trinajstić information content (AvgIpc) is 3.12. The highest BCUT2D eigenvalue weighted by molar-refractivity contribution is 5.91. The summed E-state index contributed by atoms with van der Waals surface area (Å²) >= 11 is 0. The molecule has 4 heterocycles. The number of nitrogens with zero attached hydrogens (tertiary/aromatic N) is 8. The Labute approximate surface area is 281 Å². The molecule has 0 spiro atoms. The number of piperidine rings is 1. The summed E-state index contributed by atoms with van der Waals surface area (Å²) in [6.07, 6.45) is 5.06. The minimum Gasteiger partial charge on any atom is -0.467 e. The van der Waals surface area contributed by atoms with Gasteiger partial charge in [-0.25, -0.2) is 24.7 Å². The molecule has 1 saturated heterocycles. The first-order chi connectivity index (χ1) is 23.7. The van der Waals surface area contributed by atoms with E-state index < -0.39 is 17.8 Å². The Morgan fingerprint density at radius 3 is 2.29 bits per heavy atom. The van der Waals surface area contributed by atoms with Crippen LogP contribution >= 0.6 is 0 Å². The zero-order valence-corrected chi connectivity index (χ0v) is 26.8. The lowest BCUT2D eigenvalue weighted by atomic mass is 9.90. The Hall–Kier alpha value is -5.12. The van der Waals surface area contributed by atoms with E-state index in [1.165, 1.54) is 7.11 Å². The van der Waals surface area contributed by atoms with Gasteiger partial charge in [-0.1, -0.05) is 30.3 Å². The number of carbonyl (C=O) groups excluding carboxylic acids is 1. The number of urea groups is 1. The van der Waals surface area contributed by atoms with E-state index in [0.29, 0.717) is 62.1 Å². The summed E-state index contributed by atoms with van der Waals surface area (Å²) in [5.41, 5.74) is 1.21. The molecule has 0 radical (unpaired) electrons. The van der Waals surface area contributed by atoms with Crippen molar-refractivity contribution in [3.63, 3.8) is 0 Å². The fourth-order valence-corrected chi connectivity index (χ4v) is 6.09. The molecule has 13 nitrogen and oxygen atoms in total. The van der Waals surface area contributed by atoms with Gasteiger partial charge in [0.05, 0.1) is 31.3 Å². The van der Waals surface area contributed by atoms with Gasteiger partial charge in [0.2, 0.25) is 5.95 Å². The van der Waals surface area contributed by atoms with Crippen molar-refractivity contribution in [3.8, 4) is 17.3 Å². The highest BCUT2D eigenvalue weighted by Gasteiger charge is 2.38. The normalized spacial score (nSPS) is 18.5. The number of methoxy groups -OCH3 is 1. The van der Waals surface area contributed by atoms with Gasteiger partial charge in [0, 0.05) is 55.9 Å². The third kappa shape index (κ3) is 8.31. The van der Waals surface area contributed by atoms with E-state index in [2.05, 4.69) is 40.5 Å². The molecule has 1 aromatic carbocycles. The van der Waals surface area contributed by atoms with Crippen LogP contribution in [0.5, 0.6) is 6.01 Å². The molecule has 3 N–H and O–H groups in total. The van der Waals surface area contributed by atoms with Crippen LogP contribution in [0.3, 0.4) is 0 Å². The van der Waals surface area contributed by atoms with Gasteiger partial charge < -0.3 is 25.4 Å². The number of amides is 2. The van der Waals surface area contributed by atoms with Gasteiger partial charge in [-0.2, -0.15) is 18.2 Å². The molecule has 4 aromatic rings. The van der Waals surface area contributed by atoms with Crippen LogP contribution in [0, 0.1) is 0 Å². The predicted molar refractivity (Wildman–Crippen MR) is 175 cm³/mol. The Morgan fingerprint density at radius 1 is 0.939 bits per heavy atom. The molecule has 6 rings (SSSR count). The Kier molecular flexibility index (Phi) is 10.3. The lowest BCUT2D eigenvalue weighted by molar-refractivity contribution is -0.137. The summed E-state index contributed by atoms with van der Waals surface area (Å²) in [4.78, 5) is 42.5. The highest BCUT2D eigenvalue weighted by Crippen LogP contribution is 2.37. The SMILES string of the molecule is COc1ncc(-c2cnc(N(C(=O)NCc3ccccc3)[C@H]3CC[C@H](Nc4ncc(C(F)(F)F)c(N5CCC(O)CC5)n4)CC3)cn2)cn1. The third-order valence-electron chi connectivity index (χ3n) is 8.73. The predicted octanol–water partition coefficient (Wildman–Crippen LogP) is 4.85. The third-order valence-corrected chi connectivity index (χ3v) is 8.73. The molecule has 16 heteroatoms. The number of aromatic nitrogens is 6. The van der Waals surface area contributed by atoms with Crippen LogP contribution in [0.1, 0.15) is 49.7 Å². The van der Waals surface area contributed by atoms with Crippen LogP contribution in [0.2, 0.25) is 0 Å². The van der Waals surface area contributed by atoms with Crippen LogP contribution < -0.4 is 25.2 Å². The monoisotopic (exact) mass is 678 g/mol. The maximum Gasteiger partial charge on any atom is 0.421 e. The second kappa shape index (κ2) is 15.0. The average molecular weight is 679 g/mol. The second-order valence-corrected chi connectivity index (χ2v) is 12.0. The van der Waals surface area contributed by atoms with E-state index in [0.717, 1.165) is 11.8 Å². The molecule has 1 aliphatic heterocycles. The van der Waals surface area contributed by atoms with Crippen molar-refractivity contribution < 1.29 is 27.8 Å². The summed E-state index contributed by atoms with van der Waals surface area (Å²) in [6, 6.07) is 9.13. The molecule has 49 heavy (non-hydrogen) atoms. The minimum atomic E-state index is -4.62. The number of aliphatic hydroxyl groups excluding tert-OH is 1. The first-order valence-electron chi connectivity index (χ1n) is 16.1. The quantitative estimate of drug-likeness (QED) is 0.223. The Bertz CT molecular complexity index is 1680. The number of benzene rings is 1. The number of halogens is 3. The number of rotatable bonds is 9. The molecular formula is C33H37F3N10O3. The van der Waals surface area contributed by atoms with E-state index in [1.54, 1.807) is 34.6 Å². The lowest BCUT2D eigenvalue weighted by Gasteiger charge is -2.36. The Balaban J connectivity index is 1.16. The summed E-state index contributed by atoms with van der Waals surface area (Å²) in [7, 11) is 1.48. The number of carbonyl (C=O) groups is 1. The van der Waals surface area contributed by atoms with Crippen molar-refractivity contribution in [2.24, 2.45) is 0 Å². The molecule has 258 valence electrons. The largest absolute Gasteiger partial charge is 0.467 e.